The van der Waals surface area contributed by atoms with E-state index in [4.69, 9.17) is 4.74 Å². The van der Waals surface area contributed by atoms with Gasteiger partial charge in [-0.15, -0.1) is 0 Å². The fourth-order valence-electron chi connectivity index (χ4n) is 4.50. The Morgan fingerprint density at radius 3 is 2.41 bits per heavy atom. The van der Waals surface area contributed by atoms with Gasteiger partial charge in [0.25, 0.3) is 0 Å². The van der Waals surface area contributed by atoms with Crippen molar-refractivity contribution >= 4 is 11.9 Å². The average Bonchev–Trinajstić information content (AvgIpc) is 3.41. The summed E-state index contributed by atoms with van der Waals surface area (Å²) < 4.78 is 6.91. The van der Waals surface area contributed by atoms with Gasteiger partial charge in [0.2, 0.25) is 5.91 Å². The molecular weight excluding hydrogens is 346 g/mol. The van der Waals surface area contributed by atoms with Crippen LogP contribution in [0.4, 0.5) is 0 Å². The second-order valence-corrected chi connectivity index (χ2v) is 7.67. The minimum absolute atomic E-state index is 0.0397. The summed E-state index contributed by atoms with van der Waals surface area (Å²) in [5, 5.41) is 17.0. The summed E-state index contributed by atoms with van der Waals surface area (Å²) in [4.78, 5) is 24.3. The molecule has 2 fully saturated rings. The monoisotopic (exact) mass is 369 g/mol. The zero-order valence-electron chi connectivity index (χ0n) is 15.3. The molecule has 2 bridgehead atoms. The number of aliphatic carboxylic acids is 1. The highest BCUT2D eigenvalue weighted by Crippen LogP contribution is 2.61. The molecule has 1 amide bonds. The Balaban J connectivity index is 1.39. The van der Waals surface area contributed by atoms with Crippen molar-refractivity contribution in [2.24, 2.45) is 10.8 Å². The van der Waals surface area contributed by atoms with Crippen LogP contribution in [-0.2, 0) is 16.1 Å². The van der Waals surface area contributed by atoms with Gasteiger partial charge in [0.1, 0.15) is 5.75 Å². The number of hydrogen-bond acceptors (Lipinski definition) is 4. The van der Waals surface area contributed by atoms with Crippen LogP contribution in [0, 0.1) is 10.8 Å². The van der Waals surface area contributed by atoms with E-state index in [1.807, 2.05) is 36.5 Å². The summed E-state index contributed by atoms with van der Waals surface area (Å²) in [5.41, 5.74) is 0.463. The number of ether oxygens (including phenoxy) is 1. The highest BCUT2D eigenvalue weighted by Gasteiger charge is 2.61. The first-order chi connectivity index (χ1) is 13.0. The molecule has 7 nitrogen and oxygen atoms in total. The molecule has 0 unspecified atom stereocenters. The Morgan fingerprint density at radius 1 is 1.15 bits per heavy atom. The standard InChI is InChI=1S/C20H23N3O4/c1-27-16-4-2-15(3-5-16)23-11-6-14(22-23)12-21-17(24)19-7-9-20(13-19,10-8-19)18(25)26/h2-6,11H,7-10,12-13H2,1H3,(H,21,24)(H,25,26). The van der Waals surface area contributed by atoms with Crippen LogP contribution in [0.25, 0.3) is 5.69 Å². The van der Waals surface area contributed by atoms with Gasteiger partial charge in [0, 0.05) is 6.20 Å². The molecule has 2 aromatic rings. The molecule has 2 aliphatic carbocycles. The van der Waals surface area contributed by atoms with E-state index in [2.05, 4.69) is 10.4 Å². The summed E-state index contributed by atoms with van der Waals surface area (Å²) in [6.07, 6.45) is 4.82. The highest BCUT2D eigenvalue weighted by molar-refractivity contribution is 5.87. The number of nitrogens with zero attached hydrogens (tertiary/aromatic N) is 2. The lowest BCUT2D eigenvalue weighted by atomic mass is 9.81. The van der Waals surface area contributed by atoms with E-state index in [0.29, 0.717) is 38.6 Å². The second kappa shape index (κ2) is 6.40. The molecule has 0 radical (unpaired) electrons. The van der Waals surface area contributed by atoms with Crippen LogP contribution in [0.2, 0.25) is 0 Å². The molecule has 0 aliphatic heterocycles. The van der Waals surface area contributed by atoms with Crippen molar-refractivity contribution in [3.05, 3.63) is 42.2 Å². The topological polar surface area (TPSA) is 93.5 Å². The number of carboxylic acids is 1. The number of amides is 1. The minimum atomic E-state index is -0.757. The number of hydrogen-bond donors (Lipinski definition) is 2. The number of fused-ring (bicyclic) bond motifs is 2. The predicted octanol–water partition coefficient (Wildman–Crippen LogP) is 2.53. The van der Waals surface area contributed by atoms with Crippen LogP contribution in [0.3, 0.4) is 0 Å². The van der Waals surface area contributed by atoms with E-state index >= 15 is 0 Å². The van der Waals surface area contributed by atoms with Gasteiger partial charge in [-0.2, -0.15) is 5.10 Å². The minimum Gasteiger partial charge on any atom is -0.497 e. The third-order valence-electron chi connectivity index (χ3n) is 6.19. The van der Waals surface area contributed by atoms with Gasteiger partial charge in [0.15, 0.2) is 0 Å². The number of methoxy groups -OCH3 is 1. The lowest BCUT2D eigenvalue weighted by molar-refractivity contribution is -0.148. The number of nitrogens with one attached hydrogen (secondary N) is 1. The molecule has 0 atom stereocenters. The van der Waals surface area contributed by atoms with Crippen LogP contribution in [0.15, 0.2) is 36.5 Å². The number of rotatable bonds is 6. The maximum atomic E-state index is 12.8. The van der Waals surface area contributed by atoms with Crippen molar-refractivity contribution in [3.8, 4) is 11.4 Å². The molecule has 4 rings (SSSR count). The van der Waals surface area contributed by atoms with E-state index in [1.165, 1.54) is 0 Å². The second-order valence-electron chi connectivity index (χ2n) is 7.67. The Morgan fingerprint density at radius 2 is 1.81 bits per heavy atom. The van der Waals surface area contributed by atoms with E-state index in [0.717, 1.165) is 17.1 Å². The van der Waals surface area contributed by atoms with Crippen LogP contribution < -0.4 is 10.1 Å². The van der Waals surface area contributed by atoms with Gasteiger partial charge < -0.3 is 15.2 Å². The molecular formula is C20H23N3O4. The lowest BCUT2D eigenvalue weighted by Crippen LogP contribution is -2.37. The smallest absolute Gasteiger partial charge is 0.309 e. The first-order valence-corrected chi connectivity index (χ1v) is 9.17. The fourth-order valence-corrected chi connectivity index (χ4v) is 4.50. The maximum Gasteiger partial charge on any atom is 0.309 e. The van der Waals surface area contributed by atoms with Gasteiger partial charge in [-0.1, -0.05) is 0 Å². The molecule has 1 aromatic heterocycles. The van der Waals surface area contributed by atoms with Gasteiger partial charge in [0.05, 0.1) is 35.9 Å². The quantitative estimate of drug-likeness (QED) is 0.816. The first kappa shape index (κ1) is 17.6. The normalized spacial score (nSPS) is 26.1. The third kappa shape index (κ3) is 2.97. The van der Waals surface area contributed by atoms with E-state index in [-0.39, 0.29) is 5.91 Å². The summed E-state index contributed by atoms with van der Waals surface area (Å²) >= 11 is 0. The number of carboxylic acid groups (broad SMARTS) is 1. The lowest BCUT2D eigenvalue weighted by Gasteiger charge is -2.25. The van der Waals surface area contributed by atoms with Crippen LogP contribution >= 0.6 is 0 Å². The summed E-state index contributed by atoms with van der Waals surface area (Å²) in [6, 6.07) is 9.43. The SMILES string of the molecule is COc1ccc(-n2ccc(CNC(=O)C34CCC(C(=O)O)(CC3)C4)n2)cc1. The Kier molecular flexibility index (Phi) is 4.17. The van der Waals surface area contributed by atoms with Crippen molar-refractivity contribution in [3.63, 3.8) is 0 Å². The van der Waals surface area contributed by atoms with Crippen molar-refractivity contribution in [1.29, 1.82) is 0 Å². The zero-order valence-corrected chi connectivity index (χ0v) is 15.3. The predicted molar refractivity (Wildman–Crippen MR) is 97.5 cm³/mol. The molecule has 0 spiro atoms. The molecule has 7 heteroatoms. The Hall–Kier alpha value is -2.83. The van der Waals surface area contributed by atoms with Gasteiger partial charge in [-0.05, 0) is 62.4 Å². The Bertz CT molecular complexity index is 864. The Labute approximate surface area is 157 Å². The third-order valence-corrected chi connectivity index (χ3v) is 6.19. The van der Waals surface area contributed by atoms with Crippen molar-refractivity contribution in [1.82, 2.24) is 15.1 Å². The van der Waals surface area contributed by atoms with E-state index < -0.39 is 16.8 Å². The van der Waals surface area contributed by atoms with Crippen molar-refractivity contribution in [2.45, 2.75) is 38.6 Å². The zero-order chi connectivity index (χ0) is 19.1. The summed E-state index contributed by atoms with van der Waals surface area (Å²) in [5.74, 6) is -0.0155. The molecule has 2 N–H and O–H groups in total. The number of aromatic nitrogens is 2. The van der Waals surface area contributed by atoms with Gasteiger partial charge in [-0.3, -0.25) is 9.59 Å². The number of carbonyl (C=O) groups is 2. The van der Waals surface area contributed by atoms with Gasteiger partial charge in [-0.25, -0.2) is 4.68 Å². The first-order valence-electron chi connectivity index (χ1n) is 9.17. The van der Waals surface area contributed by atoms with Gasteiger partial charge >= 0.3 is 5.97 Å². The molecule has 142 valence electrons. The average molecular weight is 369 g/mol. The van der Waals surface area contributed by atoms with E-state index in [9.17, 15) is 14.7 Å². The van der Waals surface area contributed by atoms with Crippen molar-refractivity contribution < 1.29 is 19.4 Å². The largest absolute Gasteiger partial charge is 0.497 e. The fraction of sp³-hybridized carbons (Fsp3) is 0.450. The summed E-state index contributed by atoms with van der Waals surface area (Å²) in [7, 11) is 1.62. The number of carbonyl (C=O) groups excluding carboxylic acids is 1. The van der Waals surface area contributed by atoms with Crippen molar-refractivity contribution in [2.75, 3.05) is 7.11 Å². The van der Waals surface area contributed by atoms with Crippen LogP contribution in [0.1, 0.15) is 37.8 Å². The number of benzene rings is 1. The molecule has 1 aromatic carbocycles. The van der Waals surface area contributed by atoms with Crippen LogP contribution in [-0.4, -0.2) is 33.9 Å². The highest BCUT2D eigenvalue weighted by atomic mass is 16.5. The van der Waals surface area contributed by atoms with Crippen LogP contribution in [0.5, 0.6) is 5.75 Å². The molecule has 2 aliphatic rings. The molecule has 27 heavy (non-hydrogen) atoms. The maximum absolute atomic E-state index is 12.8. The molecule has 1 heterocycles. The summed E-state index contributed by atoms with van der Waals surface area (Å²) in [6.45, 7) is 0.337. The van der Waals surface area contributed by atoms with E-state index in [1.54, 1.807) is 11.8 Å². The molecule has 0 saturated heterocycles. The molecule has 2 saturated carbocycles.